The lowest BCUT2D eigenvalue weighted by Gasteiger charge is -2.36. The van der Waals surface area contributed by atoms with Crippen LogP contribution in [0.4, 0.5) is 42.9 Å². The summed E-state index contributed by atoms with van der Waals surface area (Å²) in [6, 6.07) is 4.65. The molecule has 0 saturated carbocycles. The van der Waals surface area contributed by atoms with E-state index in [1.165, 1.54) is 28.1 Å². The van der Waals surface area contributed by atoms with Gasteiger partial charge in [-0.25, -0.2) is 14.8 Å². The van der Waals surface area contributed by atoms with Crippen LogP contribution in [-0.2, 0) is 17.1 Å². The minimum atomic E-state index is -4.64. The first kappa shape index (κ1) is 29.5. The number of nitrogens with zero attached hydrogens (tertiary/aromatic N) is 5. The van der Waals surface area contributed by atoms with Crippen molar-refractivity contribution < 1.29 is 35.9 Å². The van der Waals surface area contributed by atoms with Gasteiger partial charge in [0.05, 0.1) is 22.2 Å². The van der Waals surface area contributed by atoms with E-state index < -0.39 is 35.2 Å². The minimum absolute atomic E-state index is 0.00320. The molecule has 0 atom stereocenters. The Morgan fingerprint density at radius 1 is 0.929 bits per heavy atom. The van der Waals surface area contributed by atoms with Crippen LogP contribution in [0.25, 0.3) is 16.6 Å². The number of rotatable bonds is 3. The summed E-state index contributed by atoms with van der Waals surface area (Å²) in [6.07, 6.45) is -6.59. The van der Waals surface area contributed by atoms with Gasteiger partial charge in [-0.1, -0.05) is 6.08 Å². The number of benzene rings is 1. The Morgan fingerprint density at radius 3 is 2.19 bits per heavy atom. The molecule has 8 nitrogen and oxygen atoms in total. The summed E-state index contributed by atoms with van der Waals surface area (Å²) in [5.41, 5.74) is -1.35. The highest BCUT2D eigenvalue weighted by Gasteiger charge is 2.38. The standard InChI is InChI=1S/C28H30F6N6O2/c1-26(2,3)42-25(41)40-9-6-17(7-10-40)18-15-21-22(16-20(18)28(32,33)34)37-24(36-21)39-13-11-38(12-14-39)23-19(27(29,30)31)5-4-8-35-23/h4-6,8,15-16H,7,9-14H2,1-3H3,(H,36,37). The quantitative estimate of drug-likeness (QED) is 0.356. The van der Waals surface area contributed by atoms with E-state index in [2.05, 4.69) is 15.0 Å². The molecule has 1 amide bonds. The lowest BCUT2D eigenvalue weighted by Crippen LogP contribution is -2.47. The first-order chi connectivity index (χ1) is 19.6. The minimum Gasteiger partial charge on any atom is -0.444 e. The molecule has 5 rings (SSSR count). The zero-order valence-electron chi connectivity index (χ0n) is 23.2. The molecule has 42 heavy (non-hydrogen) atoms. The van der Waals surface area contributed by atoms with Crippen molar-refractivity contribution in [1.82, 2.24) is 19.9 Å². The highest BCUT2D eigenvalue weighted by atomic mass is 19.4. The Hall–Kier alpha value is -3.97. The van der Waals surface area contributed by atoms with Crippen molar-refractivity contribution >= 4 is 34.5 Å². The van der Waals surface area contributed by atoms with E-state index in [4.69, 9.17) is 4.74 Å². The third-order valence-electron chi connectivity index (χ3n) is 7.09. The van der Waals surface area contributed by atoms with Gasteiger partial charge in [0.2, 0.25) is 5.95 Å². The molecule has 0 unspecified atom stereocenters. The largest absolute Gasteiger partial charge is 0.444 e. The summed E-state index contributed by atoms with van der Waals surface area (Å²) in [4.78, 5) is 28.6. The average Bonchev–Trinajstić information content (AvgIpc) is 3.34. The van der Waals surface area contributed by atoms with Crippen molar-refractivity contribution in [2.45, 2.75) is 45.1 Å². The van der Waals surface area contributed by atoms with Gasteiger partial charge in [0.1, 0.15) is 11.4 Å². The van der Waals surface area contributed by atoms with Crippen LogP contribution in [0, 0.1) is 0 Å². The second-order valence-electron chi connectivity index (χ2n) is 11.2. The number of piperazine rings is 1. The van der Waals surface area contributed by atoms with Gasteiger partial charge in [0.25, 0.3) is 0 Å². The zero-order chi connectivity index (χ0) is 30.4. The van der Waals surface area contributed by atoms with E-state index in [0.29, 0.717) is 30.1 Å². The molecule has 1 aromatic carbocycles. The maximum atomic E-state index is 14.2. The number of fused-ring (bicyclic) bond motifs is 1. The predicted octanol–water partition coefficient (Wildman–Crippen LogP) is 6.35. The van der Waals surface area contributed by atoms with Gasteiger partial charge in [0, 0.05) is 45.5 Å². The summed E-state index contributed by atoms with van der Waals surface area (Å²) >= 11 is 0. The fraction of sp³-hybridized carbons (Fsp3) is 0.464. The molecular formula is C28H30F6N6O2. The van der Waals surface area contributed by atoms with Crippen molar-refractivity contribution in [1.29, 1.82) is 0 Å². The van der Waals surface area contributed by atoms with E-state index in [1.54, 1.807) is 31.7 Å². The van der Waals surface area contributed by atoms with Gasteiger partial charge < -0.3 is 24.4 Å². The number of pyridine rings is 1. The molecule has 2 aromatic heterocycles. The monoisotopic (exact) mass is 596 g/mol. The number of hydrogen-bond donors (Lipinski definition) is 1. The lowest BCUT2D eigenvalue weighted by atomic mass is 9.94. The van der Waals surface area contributed by atoms with Crippen LogP contribution in [-0.4, -0.2) is 70.8 Å². The van der Waals surface area contributed by atoms with Crippen LogP contribution in [0.3, 0.4) is 0 Å². The van der Waals surface area contributed by atoms with Crippen LogP contribution in [0.2, 0.25) is 0 Å². The summed E-state index contributed by atoms with van der Waals surface area (Å²) < 4.78 is 88.2. The van der Waals surface area contributed by atoms with Gasteiger partial charge >= 0.3 is 18.4 Å². The number of carbonyl (C=O) groups is 1. The van der Waals surface area contributed by atoms with Crippen molar-refractivity contribution in [2.24, 2.45) is 0 Å². The molecule has 0 bridgehead atoms. The smallest absolute Gasteiger partial charge is 0.419 e. The van der Waals surface area contributed by atoms with Crippen LogP contribution < -0.4 is 9.80 Å². The first-order valence-corrected chi connectivity index (χ1v) is 13.4. The van der Waals surface area contributed by atoms with Crippen LogP contribution in [0.15, 0.2) is 36.5 Å². The van der Waals surface area contributed by atoms with Crippen molar-refractivity contribution in [3.05, 3.63) is 53.2 Å². The van der Waals surface area contributed by atoms with Gasteiger partial charge in [-0.3, -0.25) is 0 Å². The predicted molar refractivity (Wildman–Crippen MR) is 145 cm³/mol. The van der Waals surface area contributed by atoms with Crippen molar-refractivity contribution in [3.63, 3.8) is 0 Å². The molecule has 0 aliphatic carbocycles. The number of H-pyrrole nitrogens is 1. The number of alkyl halides is 6. The maximum absolute atomic E-state index is 14.2. The fourth-order valence-corrected chi connectivity index (χ4v) is 5.10. The summed E-state index contributed by atoms with van der Waals surface area (Å²) in [5, 5.41) is 0. The Labute approximate surface area is 238 Å². The molecule has 1 fully saturated rings. The molecule has 2 aliphatic rings. The van der Waals surface area contributed by atoms with E-state index in [1.807, 2.05) is 0 Å². The van der Waals surface area contributed by atoms with Gasteiger partial charge in [-0.15, -0.1) is 0 Å². The Morgan fingerprint density at radius 2 is 1.60 bits per heavy atom. The van der Waals surface area contributed by atoms with Crippen molar-refractivity contribution in [2.75, 3.05) is 49.1 Å². The Kier molecular flexibility index (Phi) is 7.52. The summed E-state index contributed by atoms with van der Waals surface area (Å²) in [6.45, 7) is 6.56. The molecule has 1 N–H and O–H groups in total. The summed E-state index contributed by atoms with van der Waals surface area (Å²) in [7, 11) is 0. The highest BCUT2D eigenvalue weighted by Crippen LogP contribution is 2.40. The van der Waals surface area contributed by atoms with E-state index in [9.17, 15) is 31.1 Å². The number of aromatic amines is 1. The molecule has 2 aliphatic heterocycles. The van der Waals surface area contributed by atoms with Gasteiger partial charge in [0.15, 0.2) is 0 Å². The average molecular weight is 597 g/mol. The molecule has 0 radical (unpaired) electrons. The second kappa shape index (κ2) is 10.7. The van der Waals surface area contributed by atoms with Crippen molar-refractivity contribution in [3.8, 4) is 0 Å². The molecule has 0 spiro atoms. The molecule has 1 saturated heterocycles. The molecule has 3 aromatic rings. The fourth-order valence-electron chi connectivity index (χ4n) is 5.10. The molecular weight excluding hydrogens is 566 g/mol. The van der Waals surface area contributed by atoms with Gasteiger partial charge in [-0.05, 0) is 62.6 Å². The second-order valence-corrected chi connectivity index (χ2v) is 11.2. The maximum Gasteiger partial charge on any atom is 0.419 e. The number of ether oxygens (including phenoxy) is 1. The van der Waals surface area contributed by atoms with Crippen LogP contribution in [0.5, 0.6) is 0 Å². The number of nitrogens with one attached hydrogen (secondary N) is 1. The third kappa shape index (κ3) is 6.26. The van der Waals surface area contributed by atoms with Crippen LogP contribution >= 0.6 is 0 Å². The Bertz CT molecular complexity index is 1500. The van der Waals surface area contributed by atoms with E-state index >= 15 is 0 Å². The van der Waals surface area contributed by atoms with Gasteiger partial charge in [-0.2, -0.15) is 26.3 Å². The third-order valence-corrected chi connectivity index (χ3v) is 7.09. The number of amides is 1. The summed E-state index contributed by atoms with van der Waals surface area (Å²) in [5.74, 6) is 0.181. The number of halogens is 6. The number of aromatic nitrogens is 3. The van der Waals surface area contributed by atoms with Crippen LogP contribution in [0.1, 0.15) is 43.9 Å². The number of carbonyl (C=O) groups excluding carboxylic acids is 1. The number of imidazole rings is 1. The van der Waals surface area contributed by atoms with E-state index in [0.717, 1.165) is 12.1 Å². The lowest BCUT2D eigenvalue weighted by molar-refractivity contribution is -0.138. The molecule has 14 heteroatoms. The molecule has 4 heterocycles. The van der Waals surface area contributed by atoms with E-state index in [-0.39, 0.29) is 49.5 Å². The number of hydrogen-bond acceptors (Lipinski definition) is 6. The Balaban J connectivity index is 1.37. The normalized spacial score (nSPS) is 17.1. The first-order valence-electron chi connectivity index (χ1n) is 13.4. The SMILES string of the molecule is CC(C)(C)OC(=O)N1CC=C(c2cc3nc(N4CCN(c5ncccc5C(F)(F)F)CC4)[nH]c3cc2C(F)(F)F)CC1. The topological polar surface area (TPSA) is 77.6 Å². The highest BCUT2D eigenvalue weighted by molar-refractivity contribution is 5.85. The zero-order valence-corrected chi connectivity index (χ0v) is 23.2. The molecule has 226 valence electrons. The number of anilines is 2.